The maximum absolute atomic E-state index is 12.3. The molecule has 1 aliphatic carbocycles. The van der Waals surface area contributed by atoms with Crippen LogP contribution < -0.4 is 25.6 Å². The molecule has 1 aromatic rings. The lowest BCUT2D eigenvalue weighted by molar-refractivity contribution is 0.0942. The first kappa shape index (κ1) is 18.1. The molecule has 1 amide bonds. The van der Waals surface area contributed by atoms with E-state index < -0.39 is 0 Å². The van der Waals surface area contributed by atoms with E-state index in [2.05, 4.69) is 30.0 Å². The average molecular weight is 384 g/mol. The summed E-state index contributed by atoms with van der Waals surface area (Å²) in [5, 5.41) is 4.04. The number of amides is 1. The molecule has 136 valence electrons. The highest BCUT2D eigenvalue weighted by molar-refractivity contribution is 7.80. The van der Waals surface area contributed by atoms with Crippen LogP contribution >= 0.6 is 23.8 Å². The summed E-state index contributed by atoms with van der Waals surface area (Å²) in [4.78, 5) is 12.3. The molecule has 1 aromatic carbocycles. The van der Waals surface area contributed by atoms with Crippen molar-refractivity contribution in [1.82, 2.24) is 16.2 Å². The Morgan fingerprint density at radius 2 is 2.04 bits per heavy atom. The van der Waals surface area contributed by atoms with Gasteiger partial charge in [0, 0.05) is 11.6 Å². The van der Waals surface area contributed by atoms with Gasteiger partial charge in [-0.25, -0.2) is 0 Å². The molecule has 1 fully saturated rings. The first-order valence-corrected chi connectivity index (χ1v) is 9.20. The van der Waals surface area contributed by atoms with Gasteiger partial charge in [-0.15, -0.1) is 0 Å². The molecule has 0 saturated heterocycles. The highest BCUT2D eigenvalue weighted by atomic mass is 35.5. The fourth-order valence-electron chi connectivity index (χ4n) is 3.27. The van der Waals surface area contributed by atoms with Gasteiger partial charge in [-0.05, 0) is 42.6 Å². The van der Waals surface area contributed by atoms with Crippen molar-refractivity contribution in [2.75, 3.05) is 6.79 Å². The van der Waals surface area contributed by atoms with Crippen molar-refractivity contribution in [3.63, 3.8) is 0 Å². The van der Waals surface area contributed by atoms with Gasteiger partial charge < -0.3 is 14.8 Å². The van der Waals surface area contributed by atoms with E-state index in [9.17, 15) is 4.79 Å². The smallest absolute Gasteiger partial charge is 0.269 e. The molecule has 0 aromatic heterocycles. The lowest BCUT2D eigenvalue weighted by Gasteiger charge is -2.35. The minimum Gasteiger partial charge on any atom is -0.454 e. The Hall–Kier alpha value is -1.73. The second-order valence-electron chi connectivity index (χ2n) is 6.62. The summed E-state index contributed by atoms with van der Waals surface area (Å²) >= 11 is 11.4. The summed E-state index contributed by atoms with van der Waals surface area (Å²) in [6.07, 6.45) is 3.52. The van der Waals surface area contributed by atoms with E-state index in [1.165, 1.54) is 18.9 Å². The quantitative estimate of drug-likeness (QED) is 0.538. The van der Waals surface area contributed by atoms with E-state index in [-0.39, 0.29) is 12.7 Å². The third-order valence-electron chi connectivity index (χ3n) is 5.00. The number of fused-ring (bicyclic) bond motifs is 1. The zero-order chi connectivity index (χ0) is 18.0. The van der Waals surface area contributed by atoms with Gasteiger partial charge in [-0.3, -0.25) is 15.6 Å². The third kappa shape index (κ3) is 4.10. The van der Waals surface area contributed by atoms with Crippen molar-refractivity contribution in [3.05, 3.63) is 22.7 Å². The molecule has 25 heavy (non-hydrogen) atoms. The molecular weight excluding hydrogens is 362 g/mol. The molecule has 8 heteroatoms. The monoisotopic (exact) mass is 383 g/mol. The van der Waals surface area contributed by atoms with Gasteiger partial charge in [0.15, 0.2) is 16.6 Å². The predicted octanol–water partition coefficient (Wildman–Crippen LogP) is 3.00. The van der Waals surface area contributed by atoms with Crippen molar-refractivity contribution < 1.29 is 14.3 Å². The van der Waals surface area contributed by atoms with E-state index >= 15 is 0 Å². The Labute approximate surface area is 157 Å². The number of carbonyl (C=O) groups excluding carboxylic acids is 1. The van der Waals surface area contributed by atoms with Crippen molar-refractivity contribution in [1.29, 1.82) is 0 Å². The van der Waals surface area contributed by atoms with Crippen LogP contribution in [0.15, 0.2) is 12.1 Å². The fourth-order valence-corrected chi connectivity index (χ4v) is 3.74. The Kier molecular flexibility index (Phi) is 5.54. The van der Waals surface area contributed by atoms with E-state index in [0.717, 1.165) is 6.42 Å². The number of benzene rings is 1. The zero-order valence-electron chi connectivity index (χ0n) is 14.2. The van der Waals surface area contributed by atoms with Gasteiger partial charge in [0.05, 0.1) is 5.02 Å². The Bertz CT molecular complexity index is 685. The van der Waals surface area contributed by atoms with Gasteiger partial charge >= 0.3 is 0 Å². The van der Waals surface area contributed by atoms with E-state index in [4.69, 9.17) is 33.3 Å². The number of carbonyl (C=O) groups is 1. The standard InChI is InChI=1S/C17H22ClN3O3S/c1-9-4-3-5-13(10(9)2)19-17(25)21-20-16(22)11-6-12(18)15-14(7-11)23-8-24-15/h6-7,9-10,13H,3-5,8H2,1-2H3,(H,20,22)(H2,19,21,25)/t9-,10-,13+/m1/s1. The summed E-state index contributed by atoms with van der Waals surface area (Å²) in [6, 6.07) is 3.45. The molecule has 6 nitrogen and oxygen atoms in total. The van der Waals surface area contributed by atoms with Gasteiger partial charge in [-0.1, -0.05) is 38.3 Å². The number of hydrogen-bond acceptors (Lipinski definition) is 4. The van der Waals surface area contributed by atoms with E-state index in [0.29, 0.717) is 45.1 Å². The number of hydrogen-bond donors (Lipinski definition) is 3. The minimum atomic E-state index is -0.352. The van der Waals surface area contributed by atoms with Crippen LogP contribution in [0.2, 0.25) is 5.02 Å². The van der Waals surface area contributed by atoms with Crippen molar-refractivity contribution in [3.8, 4) is 11.5 Å². The second kappa shape index (κ2) is 7.66. The SMILES string of the molecule is C[C@@H]1[C@H](C)CCC[C@@H]1NC(=S)NNC(=O)c1cc(Cl)c2c(c1)OCO2. The maximum atomic E-state index is 12.3. The third-order valence-corrected chi connectivity index (χ3v) is 5.50. The highest BCUT2D eigenvalue weighted by Crippen LogP contribution is 2.39. The van der Waals surface area contributed by atoms with Crippen LogP contribution in [0.1, 0.15) is 43.5 Å². The number of hydrazine groups is 1. The number of thiocarbonyl (C=S) groups is 1. The van der Waals surface area contributed by atoms with Gasteiger partial charge in [0.25, 0.3) is 5.91 Å². The Morgan fingerprint density at radius 3 is 2.84 bits per heavy atom. The lowest BCUT2D eigenvalue weighted by Crippen LogP contribution is -2.52. The van der Waals surface area contributed by atoms with Crippen LogP contribution in [0.5, 0.6) is 11.5 Å². The van der Waals surface area contributed by atoms with Crippen LogP contribution in [-0.4, -0.2) is 23.9 Å². The summed E-state index contributed by atoms with van der Waals surface area (Å²) in [6.45, 7) is 4.60. The first-order valence-electron chi connectivity index (χ1n) is 8.41. The summed E-state index contributed by atoms with van der Waals surface area (Å²) in [5.74, 6) is 1.78. The zero-order valence-corrected chi connectivity index (χ0v) is 15.8. The first-order chi connectivity index (χ1) is 12.0. The second-order valence-corrected chi connectivity index (χ2v) is 7.43. The molecular formula is C17H22ClN3O3S. The molecule has 0 unspecified atom stereocenters. The molecule has 1 heterocycles. The number of rotatable bonds is 2. The van der Waals surface area contributed by atoms with Gasteiger partial charge in [-0.2, -0.15) is 0 Å². The Morgan fingerprint density at radius 1 is 1.24 bits per heavy atom. The lowest BCUT2D eigenvalue weighted by atomic mass is 9.78. The van der Waals surface area contributed by atoms with Crippen LogP contribution in [0, 0.1) is 11.8 Å². The molecule has 1 aliphatic heterocycles. The van der Waals surface area contributed by atoms with Crippen molar-refractivity contribution in [2.45, 2.75) is 39.2 Å². The molecule has 0 bridgehead atoms. The number of nitrogens with one attached hydrogen (secondary N) is 3. The number of ether oxygens (including phenoxy) is 2. The molecule has 0 radical (unpaired) electrons. The minimum absolute atomic E-state index is 0.102. The van der Waals surface area contributed by atoms with Crippen LogP contribution in [0.3, 0.4) is 0 Å². The van der Waals surface area contributed by atoms with Crippen LogP contribution in [0.4, 0.5) is 0 Å². The summed E-state index contributed by atoms with van der Waals surface area (Å²) in [7, 11) is 0. The largest absolute Gasteiger partial charge is 0.454 e. The van der Waals surface area contributed by atoms with Crippen molar-refractivity contribution in [2.24, 2.45) is 11.8 Å². The molecule has 2 aliphatic rings. The predicted molar refractivity (Wildman–Crippen MR) is 99.9 cm³/mol. The average Bonchev–Trinajstić information content (AvgIpc) is 3.06. The van der Waals surface area contributed by atoms with Crippen LogP contribution in [0.25, 0.3) is 0 Å². The van der Waals surface area contributed by atoms with Gasteiger partial charge in [0.2, 0.25) is 6.79 Å². The topological polar surface area (TPSA) is 71.6 Å². The summed E-state index contributed by atoms with van der Waals surface area (Å²) in [5.41, 5.74) is 5.71. The van der Waals surface area contributed by atoms with Crippen molar-refractivity contribution >= 4 is 34.8 Å². The normalized spacial score (nSPS) is 24.5. The fraction of sp³-hybridized carbons (Fsp3) is 0.529. The maximum Gasteiger partial charge on any atom is 0.269 e. The molecule has 3 N–H and O–H groups in total. The van der Waals surface area contributed by atoms with E-state index in [1.54, 1.807) is 6.07 Å². The Balaban J connectivity index is 1.54. The summed E-state index contributed by atoms with van der Waals surface area (Å²) < 4.78 is 10.5. The van der Waals surface area contributed by atoms with E-state index in [1.807, 2.05) is 0 Å². The number of halogens is 1. The molecule has 0 spiro atoms. The molecule has 3 rings (SSSR count). The highest BCUT2D eigenvalue weighted by Gasteiger charge is 2.27. The van der Waals surface area contributed by atoms with Crippen LogP contribution in [-0.2, 0) is 0 Å². The molecule has 1 saturated carbocycles. The van der Waals surface area contributed by atoms with Gasteiger partial charge in [0.1, 0.15) is 0 Å². The molecule has 3 atom stereocenters.